The zero-order chi connectivity index (χ0) is 17.6. The van der Waals surface area contributed by atoms with Gasteiger partial charge in [-0.25, -0.2) is 13.6 Å². The van der Waals surface area contributed by atoms with E-state index in [1.54, 1.807) is 26.4 Å². The first-order valence-corrected chi connectivity index (χ1v) is 9.02. The molecular weight excluding hydrogens is 364 g/mol. The van der Waals surface area contributed by atoms with Crippen LogP contribution >= 0.6 is 0 Å². The van der Waals surface area contributed by atoms with Gasteiger partial charge in [0.25, 0.3) is 0 Å². The van der Waals surface area contributed by atoms with Gasteiger partial charge in [0.05, 0.1) is 19.1 Å². The summed E-state index contributed by atoms with van der Waals surface area (Å²) in [6.45, 7) is 1.39. The number of para-hydroxylation sites is 1. The topological polar surface area (TPSA) is 90.6 Å². The highest BCUT2D eigenvalue weighted by molar-refractivity contribution is 7.89. The molecule has 0 atom stereocenters. The van der Waals surface area contributed by atoms with E-state index in [1.165, 1.54) is 12.1 Å². The summed E-state index contributed by atoms with van der Waals surface area (Å²) in [5, 5.41) is 8.42. The Morgan fingerprint density at radius 1 is 1.04 bits per heavy atom. The van der Waals surface area contributed by atoms with Gasteiger partial charge in [-0.05, 0) is 36.7 Å². The highest BCUT2D eigenvalue weighted by Gasteiger charge is 2.09. The van der Waals surface area contributed by atoms with Crippen molar-refractivity contribution in [1.82, 2.24) is 5.32 Å². The number of primary sulfonamides is 1. The molecule has 8 heteroatoms. The first-order chi connectivity index (χ1) is 11.5. The molecule has 2 aromatic rings. The lowest BCUT2D eigenvalue weighted by atomic mass is 10.1. The Labute approximate surface area is 154 Å². The number of hydrogen-bond donors (Lipinski definition) is 2. The van der Waals surface area contributed by atoms with Crippen LogP contribution in [0.4, 0.5) is 0 Å². The molecule has 138 valence electrons. The Hall–Kier alpha value is -1.80. The van der Waals surface area contributed by atoms with Gasteiger partial charge in [0.1, 0.15) is 0 Å². The highest BCUT2D eigenvalue weighted by Crippen LogP contribution is 2.30. The maximum atomic E-state index is 11.2. The normalized spacial score (nSPS) is 10.8. The third-order valence-corrected chi connectivity index (χ3v) is 4.57. The standard InChI is InChI=1S/C17H22N2O4S.ClH/c1-22-16-5-3-4-14(17(16)23-2)12-19-11-10-13-6-8-15(9-7-13)24(18,20)21;/h3-9,19H,10-12H2,1-2H3,(H2,18,20,21);1H/p-1. The van der Waals surface area contributed by atoms with Crippen molar-refractivity contribution in [3.63, 3.8) is 0 Å². The summed E-state index contributed by atoms with van der Waals surface area (Å²) in [4.78, 5) is 0.125. The van der Waals surface area contributed by atoms with Crippen LogP contribution in [0.5, 0.6) is 11.5 Å². The summed E-state index contributed by atoms with van der Waals surface area (Å²) in [6, 6.07) is 12.3. The Bertz CT molecular complexity index is 780. The van der Waals surface area contributed by atoms with Crippen LogP contribution in [0.1, 0.15) is 11.1 Å². The first kappa shape index (κ1) is 21.2. The fourth-order valence-electron chi connectivity index (χ4n) is 2.39. The molecule has 0 aromatic heterocycles. The van der Waals surface area contributed by atoms with Gasteiger partial charge in [0, 0.05) is 12.1 Å². The summed E-state index contributed by atoms with van der Waals surface area (Å²) < 4.78 is 33.1. The molecule has 25 heavy (non-hydrogen) atoms. The van der Waals surface area contributed by atoms with E-state index in [0.717, 1.165) is 29.8 Å². The van der Waals surface area contributed by atoms with Crippen LogP contribution in [-0.4, -0.2) is 29.2 Å². The fourth-order valence-corrected chi connectivity index (χ4v) is 2.91. The van der Waals surface area contributed by atoms with Crippen molar-refractivity contribution < 1.29 is 30.3 Å². The lowest BCUT2D eigenvalue weighted by molar-refractivity contribution is -0.00000809. The minimum Gasteiger partial charge on any atom is -1.00 e. The number of halogens is 1. The Kier molecular flexibility index (Phi) is 8.18. The summed E-state index contributed by atoms with van der Waals surface area (Å²) in [5.41, 5.74) is 2.05. The molecular formula is C17H22ClN2O4S-. The Morgan fingerprint density at radius 2 is 1.72 bits per heavy atom. The van der Waals surface area contributed by atoms with E-state index in [4.69, 9.17) is 14.6 Å². The Balaban J connectivity index is 0.00000312. The number of nitrogens with one attached hydrogen (secondary N) is 1. The molecule has 0 fully saturated rings. The molecule has 0 aliphatic rings. The van der Waals surface area contributed by atoms with Crippen molar-refractivity contribution in [3.05, 3.63) is 53.6 Å². The minimum absolute atomic E-state index is 0. The average Bonchev–Trinajstić information content (AvgIpc) is 2.58. The smallest absolute Gasteiger partial charge is 0.238 e. The predicted octanol–water partition coefficient (Wildman–Crippen LogP) is -1.31. The third-order valence-electron chi connectivity index (χ3n) is 3.64. The maximum absolute atomic E-state index is 11.2. The average molecular weight is 386 g/mol. The van der Waals surface area contributed by atoms with E-state index in [9.17, 15) is 8.42 Å². The van der Waals surface area contributed by atoms with Gasteiger partial charge in [-0.2, -0.15) is 0 Å². The van der Waals surface area contributed by atoms with Gasteiger partial charge in [0.15, 0.2) is 11.5 Å². The summed E-state index contributed by atoms with van der Waals surface area (Å²) in [5.74, 6) is 1.43. The van der Waals surface area contributed by atoms with Crippen LogP contribution < -0.4 is 32.3 Å². The van der Waals surface area contributed by atoms with Crippen LogP contribution in [0, 0.1) is 0 Å². The molecule has 0 unspecified atom stereocenters. The second-order valence-corrected chi connectivity index (χ2v) is 6.83. The summed E-state index contributed by atoms with van der Waals surface area (Å²) in [7, 11) is -0.406. The van der Waals surface area contributed by atoms with Crippen molar-refractivity contribution in [1.29, 1.82) is 0 Å². The quantitative estimate of drug-likeness (QED) is 0.550. The minimum atomic E-state index is -3.64. The van der Waals surface area contributed by atoms with Gasteiger partial charge in [-0.1, -0.05) is 24.3 Å². The van der Waals surface area contributed by atoms with Crippen molar-refractivity contribution in [2.75, 3.05) is 20.8 Å². The number of nitrogens with two attached hydrogens (primary N) is 1. The lowest BCUT2D eigenvalue weighted by Gasteiger charge is -2.13. The molecule has 0 spiro atoms. The van der Waals surface area contributed by atoms with Crippen LogP contribution in [0.3, 0.4) is 0 Å². The van der Waals surface area contributed by atoms with E-state index in [-0.39, 0.29) is 17.3 Å². The first-order valence-electron chi connectivity index (χ1n) is 7.48. The van der Waals surface area contributed by atoms with Crippen LogP contribution in [0.2, 0.25) is 0 Å². The second kappa shape index (κ2) is 9.62. The molecule has 0 aliphatic heterocycles. The van der Waals surface area contributed by atoms with E-state index >= 15 is 0 Å². The second-order valence-electron chi connectivity index (χ2n) is 5.27. The number of hydrogen-bond acceptors (Lipinski definition) is 5. The molecule has 2 aromatic carbocycles. The maximum Gasteiger partial charge on any atom is 0.238 e. The molecule has 0 saturated heterocycles. The van der Waals surface area contributed by atoms with E-state index in [2.05, 4.69) is 5.32 Å². The van der Waals surface area contributed by atoms with Gasteiger partial charge in [0.2, 0.25) is 10.0 Å². The van der Waals surface area contributed by atoms with E-state index in [1.807, 2.05) is 18.2 Å². The number of rotatable bonds is 8. The van der Waals surface area contributed by atoms with Crippen molar-refractivity contribution >= 4 is 10.0 Å². The van der Waals surface area contributed by atoms with Gasteiger partial charge < -0.3 is 27.2 Å². The molecule has 0 aliphatic carbocycles. The fraction of sp³-hybridized carbons (Fsp3) is 0.294. The number of ether oxygens (including phenoxy) is 2. The summed E-state index contributed by atoms with van der Waals surface area (Å²) in [6.07, 6.45) is 0.775. The van der Waals surface area contributed by atoms with Crippen LogP contribution in [0.15, 0.2) is 47.4 Å². The van der Waals surface area contributed by atoms with E-state index in [0.29, 0.717) is 12.3 Å². The van der Waals surface area contributed by atoms with Crippen LogP contribution in [0.25, 0.3) is 0 Å². The molecule has 0 heterocycles. The largest absolute Gasteiger partial charge is 1.00 e. The van der Waals surface area contributed by atoms with Gasteiger partial charge >= 0.3 is 0 Å². The number of sulfonamides is 1. The van der Waals surface area contributed by atoms with E-state index < -0.39 is 10.0 Å². The number of benzene rings is 2. The van der Waals surface area contributed by atoms with Crippen molar-refractivity contribution in [2.45, 2.75) is 17.9 Å². The van der Waals surface area contributed by atoms with Gasteiger partial charge in [-0.3, -0.25) is 0 Å². The molecule has 0 radical (unpaired) electrons. The predicted molar refractivity (Wildman–Crippen MR) is 92.8 cm³/mol. The zero-order valence-corrected chi connectivity index (χ0v) is 15.7. The third kappa shape index (κ3) is 5.89. The zero-order valence-electron chi connectivity index (χ0n) is 14.2. The molecule has 6 nitrogen and oxygen atoms in total. The molecule has 0 saturated carbocycles. The van der Waals surface area contributed by atoms with Crippen molar-refractivity contribution in [2.24, 2.45) is 5.14 Å². The monoisotopic (exact) mass is 385 g/mol. The van der Waals surface area contributed by atoms with Crippen molar-refractivity contribution in [3.8, 4) is 11.5 Å². The molecule has 0 bridgehead atoms. The number of methoxy groups -OCH3 is 2. The molecule has 2 rings (SSSR count). The Morgan fingerprint density at radius 3 is 2.28 bits per heavy atom. The highest BCUT2D eigenvalue weighted by atomic mass is 35.5. The molecule has 3 N–H and O–H groups in total. The van der Waals surface area contributed by atoms with Gasteiger partial charge in [-0.15, -0.1) is 0 Å². The molecule has 0 amide bonds. The van der Waals surface area contributed by atoms with Crippen LogP contribution in [-0.2, 0) is 23.0 Å². The summed E-state index contributed by atoms with van der Waals surface area (Å²) >= 11 is 0. The SMILES string of the molecule is COc1cccc(CNCCc2ccc(S(N)(=O)=O)cc2)c1OC.[Cl-]. The lowest BCUT2D eigenvalue weighted by Crippen LogP contribution is -3.00.